The zero-order valence-electron chi connectivity index (χ0n) is 20.6. The number of benzene rings is 2. The number of hydrogen-bond acceptors (Lipinski definition) is 7. The lowest BCUT2D eigenvalue weighted by molar-refractivity contribution is -0.153. The summed E-state index contributed by atoms with van der Waals surface area (Å²) in [5.74, 6) is -1.83. The van der Waals surface area contributed by atoms with Crippen LogP contribution >= 0.6 is 0 Å². The van der Waals surface area contributed by atoms with Crippen LogP contribution in [0, 0.1) is 5.92 Å². The largest absolute Gasteiger partial charge is 0.493 e. The highest BCUT2D eigenvalue weighted by Crippen LogP contribution is 2.50. The number of aliphatic carboxylic acids is 1. The van der Waals surface area contributed by atoms with Crippen molar-refractivity contribution in [3.63, 3.8) is 0 Å². The van der Waals surface area contributed by atoms with Gasteiger partial charge in [-0.2, -0.15) is 0 Å². The van der Waals surface area contributed by atoms with Gasteiger partial charge in [0.15, 0.2) is 17.4 Å². The molecule has 0 saturated carbocycles. The number of fused-ring (bicyclic) bond motifs is 3. The quantitative estimate of drug-likeness (QED) is 0.312. The lowest BCUT2D eigenvalue weighted by Gasteiger charge is -2.21. The molecule has 0 bridgehead atoms. The Morgan fingerprint density at radius 2 is 1.80 bits per heavy atom. The van der Waals surface area contributed by atoms with Gasteiger partial charge in [0, 0.05) is 12.5 Å². The Hall–Kier alpha value is -3.75. The average molecular weight is 486 g/mol. The molecule has 9 nitrogen and oxygen atoms in total. The van der Waals surface area contributed by atoms with Crippen LogP contribution in [0.4, 0.5) is 0 Å². The fourth-order valence-electron chi connectivity index (χ4n) is 4.49. The van der Waals surface area contributed by atoms with Crippen molar-refractivity contribution in [3.8, 4) is 34.1 Å². The summed E-state index contributed by atoms with van der Waals surface area (Å²) in [5, 5.41) is 12.4. The number of rotatable bonds is 9. The number of carbonyl (C=O) groups excluding carboxylic acids is 2. The van der Waals surface area contributed by atoms with Crippen molar-refractivity contribution in [1.29, 1.82) is 0 Å². The molecule has 1 unspecified atom stereocenters. The van der Waals surface area contributed by atoms with Crippen LogP contribution in [0.3, 0.4) is 0 Å². The average Bonchev–Trinajstić information content (AvgIpc) is 2.97. The second-order valence-electron chi connectivity index (χ2n) is 8.32. The number of methoxy groups -OCH3 is 3. The highest BCUT2D eigenvalue weighted by molar-refractivity contribution is 5.95. The van der Waals surface area contributed by atoms with Crippen LogP contribution in [0.5, 0.6) is 23.0 Å². The molecule has 35 heavy (non-hydrogen) atoms. The molecule has 1 aliphatic carbocycles. The summed E-state index contributed by atoms with van der Waals surface area (Å²) >= 11 is 0. The third kappa shape index (κ3) is 5.34. The van der Waals surface area contributed by atoms with Crippen molar-refractivity contribution >= 4 is 17.8 Å². The Bertz CT molecular complexity index is 1130. The van der Waals surface area contributed by atoms with Crippen LogP contribution in [0.15, 0.2) is 24.3 Å². The number of aryl methyl sites for hydroxylation is 1. The molecule has 0 spiro atoms. The van der Waals surface area contributed by atoms with E-state index in [-0.39, 0.29) is 24.1 Å². The Balaban J connectivity index is 2.16. The fraction of sp³-hybridized carbons (Fsp3) is 0.423. The van der Waals surface area contributed by atoms with Crippen molar-refractivity contribution in [2.75, 3.05) is 21.3 Å². The predicted octanol–water partition coefficient (Wildman–Crippen LogP) is 3.91. The predicted molar refractivity (Wildman–Crippen MR) is 128 cm³/mol. The molecule has 0 aliphatic heterocycles. The minimum absolute atomic E-state index is 0.180. The second kappa shape index (κ2) is 11.1. The van der Waals surface area contributed by atoms with Crippen molar-refractivity contribution in [1.82, 2.24) is 5.32 Å². The molecule has 0 heterocycles. The van der Waals surface area contributed by atoms with Gasteiger partial charge in [-0.05, 0) is 54.2 Å². The Morgan fingerprint density at radius 3 is 2.37 bits per heavy atom. The van der Waals surface area contributed by atoms with Gasteiger partial charge in [-0.15, -0.1) is 0 Å². The Kier molecular flexibility index (Phi) is 8.22. The standard InChI is InChI=1S/C26H31NO8/c1-6-7-18(25(29)30)26(31)35-16-9-10-17-19(13-16)20(27-14(2)28)11-8-15-12-21(32-3)23(33-4)24(34-5)22(15)17/h9-10,12-13,18,20H,6-8,11H2,1-5H3,(H,27,28)(H,29,30)/t18?,20-/m0/s1. The van der Waals surface area contributed by atoms with Gasteiger partial charge in [-0.1, -0.05) is 19.4 Å². The van der Waals surface area contributed by atoms with Crippen LogP contribution in [0.25, 0.3) is 11.1 Å². The summed E-state index contributed by atoms with van der Waals surface area (Å²) in [7, 11) is 4.63. The van der Waals surface area contributed by atoms with E-state index in [2.05, 4.69) is 5.32 Å². The molecule has 0 aromatic heterocycles. The molecule has 188 valence electrons. The summed E-state index contributed by atoms with van der Waals surface area (Å²) < 4.78 is 22.3. The third-order valence-electron chi connectivity index (χ3n) is 6.04. The first-order valence-corrected chi connectivity index (χ1v) is 11.4. The number of carboxylic acids is 1. The first-order valence-electron chi connectivity index (χ1n) is 11.4. The maximum absolute atomic E-state index is 12.6. The molecule has 2 aromatic carbocycles. The van der Waals surface area contributed by atoms with Crippen LogP contribution < -0.4 is 24.3 Å². The van der Waals surface area contributed by atoms with Gasteiger partial charge >= 0.3 is 11.9 Å². The highest BCUT2D eigenvalue weighted by atomic mass is 16.5. The summed E-state index contributed by atoms with van der Waals surface area (Å²) in [4.78, 5) is 36.1. The number of carboxylic acid groups (broad SMARTS) is 1. The van der Waals surface area contributed by atoms with E-state index in [4.69, 9.17) is 18.9 Å². The molecule has 1 aliphatic rings. The molecule has 9 heteroatoms. The smallest absolute Gasteiger partial charge is 0.325 e. The van der Waals surface area contributed by atoms with E-state index in [0.717, 1.165) is 22.3 Å². The number of carbonyl (C=O) groups is 3. The second-order valence-corrected chi connectivity index (χ2v) is 8.32. The molecule has 0 saturated heterocycles. The van der Waals surface area contributed by atoms with E-state index in [1.165, 1.54) is 14.0 Å². The summed E-state index contributed by atoms with van der Waals surface area (Å²) in [6.07, 6.45) is 1.89. The van der Waals surface area contributed by atoms with Crippen molar-refractivity contribution < 1.29 is 38.4 Å². The molecule has 0 fully saturated rings. The van der Waals surface area contributed by atoms with Gasteiger partial charge < -0.3 is 29.4 Å². The summed E-state index contributed by atoms with van der Waals surface area (Å²) in [5.41, 5.74) is 3.24. The monoisotopic (exact) mass is 485 g/mol. The summed E-state index contributed by atoms with van der Waals surface area (Å²) in [6, 6.07) is 6.58. The van der Waals surface area contributed by atoms with E-state index < -0.39 is 17.9 Å². The van der Waals surface area contributed by atoms with Crippen molar-refractivity contribution in [3.05, 3.63) is 35.4 Å². The fourth-order valence-corrected chi connectivity index (χ4v) is 4.49. The van der Waals surface area contributed by atoms with Crippen LogP contribution in [-0.2, 0) is 20.8 Å². The molecule has 2 atom stereocenters. The van der Waals surface area contributed by atoms with Gasteiger partial charge in [0.25, 0.3) is 0 Å². The summed E-state index contributed by atoms with van der Waals surface area (Å²) in [6.45, 7) is 3.24. The third-order valence-corrected chi connectivity index (χ3v) is 6.04. The van der Waals surface area contributed by atoms with E-state index >= 15 is 0 Å². The van der Waals surface area contributed by atoms with E-state index in [1.807, 2.05) is 6.07 Å². The minimum atomic E-state index is -1.25. The first kappa shape index (κ1) is 25.9. The lowest BCUT2D eigenvalue weighted by Crippen LogP contribution is -2.28. The zero-order valence-corrected chi connectivity index (χ0v) is 20.6. The first-order chi connectivity index (χ1) is 16.7. The highest BCUT2D eigenvalue weighted by Gasteiger charge is 2.31. The molecule has 0 radical (unpaired) electrons. The normalized spacial score (nSPS) is 15.1. The SMILES string of the molecule is CCCC(C(=O)O)C(=O)Oc1ccc2c(c1)[C@@H](NC(C)=O)CCc1cc(OC)c(OC)c(OC)c1-2. The zero-order chi connectivity index (χ0) is 25.7. The van der Waals surface area contributed by atoms with Crippen LogP contribution in [-0.4, -0.2) is 44.3 Å². The number of hydrogen-bond donors (Lipinski definition) is 2. The maximum Gasteiger partial charge on any atom is 0.325 e. The number of esters is 1. The number of nitrogens with one attached hydrogen (secondary N) is 1. The van der Waals surface area contributed by atoms with E-state index in [0.29, 0.717) is 36.5 Å². The van der Waals surface area contributed by atoms with Gasteiger partial charge in [0.2, 0.25) is 11.7 Å². The van der Waals surface area contributed by atoms with E-state index in [1.54, 1.807) is 39.3 Å². The van der Waals surface area contributed by atoms with Gasteiger partial charge in [-0.3, -0.25) is 14.4 Å². The molecule has 1 amide bonds. The molecule has 3 rings (SSSR count). The van der Waals surface area contributed by atoms with Gasteiger partial charge in [0.05, 0.1) is 27.4 Å². The van der Waals surface area contributed by atoms with Crippen LogP contribution in [0.1, 0.15) is 50.3 Å². The Labute approximate surface area is 204 Å². The number of amides is 1. The molecular weight excluding hydrogens is 454 g/mol. The molecule has 2 N–H and O–H groups in total. The van der Waals surface area contributed by atoms with Crippen molar-refractivity contribution in [2.24, 2.45) is 5.92 Å². The maximum atomic E-state index is 12.6. The molecule has 2 aromatic rings. The Morgan fingerprint density at radius 1 is 1.09 bits per heavy atom. The number of ether oxygens (including phenoxy) is 4. The van der Waals surface area contributed by atoms with E-state index in [9.17, 15) is 19.5 Å². The van der Waals surface area contributed by atoms with Crippen LogP contribution in [0.2, 0.25) is 0 Å². The van der Waals surface area contributed by atoms with Gasteiger partial charge in [0.1, 0.15) is 5.75 Å². The minimum Gasteiger partial charge on any atom is -0.493 e. The topological polar surface area (TPSA) is 120 Å². The lowest BCUT2D eigenvalue weighted by atomic mass is 9.93. The van der Waals surface area contributed by atoms with Crippen molar-refractivity contribution in [2.45, 2.75) is 45.6 Å². The molecular formula is C26H31NO8. The van der Waals surface area contributed by atoms with Gasteiger partial charge in [-0.25, -0.2) is 0 Å².